The van der Waals surface area contributed by atoms with Crippen LogP contribution in [0.1, 0.15) is 22.3 Å². The predicted octanol–water partition coefficient (Wildman–Crippen LogP) is 7.53. The van der Waals surface area contributed by atoms with Crippen molar-refractivity contribution in [2.45, 2.75) is 19.1 Å². The molecular weight excluding hydrogens is 475 g/mol. The molecule has 2 aromatic heterocycles. The zero-order valence-corrected chi connectivity index (χ0v) is 20.1. The SMILES string of the molecule is COc1ccc(CNc2cccc(-c3c(Cc4ccccc4)cnc4c(C(F)(F)F)cccc34)c2)cn1. The number of rotatable bonds is 7. The molecule has 4 nitrogen and oxygen atoms in total. The number of ether oxygens (including phenoxy) is 1. The van der Waals surface area contributed by atoms with Crippen molar-refractivity contribution < 1.29 is 17.9 Å². The summed E-state index contributed by atoms with van der Waals surface area (Å²) in [4.78, 5) is 8.52. The third-order valence-electron chi connectivity index (χ3n) is 6.17. The molecule has 0 atom stereocenters. The Bertz CT molecular complexity index is 1520. The first-order valence-electron chi connectivity index (χ1n) is 11.8. The van der Waals surface area contributed by atoms with Gasteiger partial charge in [0.2, 0.25) is 5.88 Å². The number of nitrogens with one attached hydrogen (secondary N) is 1. The van der Waals surface area contributed by atoms with E-state index in [0.29, 0.717) is 24.2 Å². The van der Waals surface area contributed by atoms with Gasteiger partial charge in [0.25, 0.3) is 0 Å². The minimum Gasteiger partial charge on any atom is -0.481 e. The summed E-state index contributed by atoms with van der Waals surface area (Å²) >= 11 is 0. The Balaban J connectivity index is 1.57. The van der Waals surface area contributed by atoms with Crippen molar-refractivity contribution >= 4 is 16.6 Å². The zero-order valence-electron chi connectivity index (χ0n) is 20.1. The van der Waals surface area contributed by atoms with E-state index in [2.05, 4.69) is 15.3 Å². The van der Waals surface area contributed by atoms with Gasteiger partial charge in [0, 0.05) is 36.1 Å². The molecule has 5 rings (SSSR count). The highest BCUT2D eigenvalue weighted by atomic mass is 19.4. The van der Waals surface area contributed by atoms with Crippen LogP contribution in [0, 0.1) is 0 Å². The molecule has 5 aromatic rings. The molecule has 0 amide bonds. The van der Waals surface area contributed by atoms with E-state index in [-0.39, 0.29) is 5.52 Å². The molecule has 0 radical (unpaired) electrons. The van der Waals surface area contributed by atoms with Crippen LogP contribution in [0.5, 0.6) is 5.88 Å². The Kier molecular flexibility index (Phi) is 6.77. The van der Waals surface area contributed by atoms with Crippen LogP contribution >= 0.6 is 0 Å². The van der Waals surface area contributed by atoms with Gasteiger partial charge in [-0.15, -0.1) is 0 Å². The number of hydrogen-bond donors (Lipinski definition) is 1. The third-order valence-corrected chi connectivity index (χ3v) is 6.17. The van der Waals surface area contributed by atoms with Crippen LogP contribution in [-0.2, 0) is 19.1 Å². The summed E-state index contributed by atoms with van der Waals surface area (Å²) in [6, 6.07) is 25.5. The van der Waals surface area contributed by atoms with Gasteiger partial charge in [0.05, 0.1) is 18.2 Å². The highest BCUT2D eigenvalue weighted by molar-refractivity contribution is 5.98. The second kappa shape index (κ2) is 10.3. The fraction of sp³-hybridized carbons (Fsp3) is 0.133. The monoisotopic (exact) mass is 499 g/mol. The first-order chi connectivity index (χ1) is 17.9. The third kappa shape index (κ3) is 5.40. The Morgan fingerprint density at radius 3 is 2.35 bits per heavy atom. The van der Waals surface area contributed by atoms with E-state index in [1.54, 1.807) is 31.6 Å². The van der Waals surface area contributed by atoms with Crippen LogP contribution in [0.2, 0.25) is 0 Å². The van der Waals surface area contributed by atoms with E-state index >= 15 is 0 Å². The summed E-state index contributed by atoms with van der Waals surface area (Å²) in [7, 11) is 1.57. The first kappa shape index (κ1) is 24.3. The van der Waals surface area contributed by atoms with E-state index < -0.39 is 11.7 Å². The van der Waals surface area contributed by atoms with Gasteiger partial charge in [-0.3, -0.25) is 4.98 Å². The lowest BCUT2D eigenvalue weighted by Crippen LogP contribution is -2.07. The lowest BCUT2D eigenvalue weighted by atomic mass is 9.91. The second-order valence-corrected chi connectivity index (χ2v) is 8.66. The number of halogens is 3. The minimum absolute atomic E-state index is 0.0514. The number of alkyl halides is 3. The number of aromatic nitrogens is 2. The van der Waals surface area contributed by atoms with E-state index in [1.807, 2.05) is 60.7 Å². The smallest absolute Gasteiger partial charge is 0.418 e. The van der Waals surface area contributed by atoms with Crippen LogP contribution in [0.3, 0.4) is 0 Å². The maximum absolute atomic E-state index is 13.8. The summed E-state index contributed by atoms with van der Waals surface area (Å²) in [6.07, 6.45) is -0.642. The average molecular weight is 500 g/mol. The molecule has 186 valence electrons. The van der Waals surface area contributed by atoms with Crippen LogP contribution in [-0.4, -0.2) is 17.1 Å². The molecular formula is C30H24F3N3O. The van der Waals surface area contributed by atoms with Gasteiger partial charge < -0.3 is 10.1 Å². The molecule has 0 spiro atoms. The largest absolute Gasteiger partial charge is 0.481 e. The topological polar surface area (TPSA) is 47.0 Å². The molecule has 3 aromatic carbocycles. The Morgan fingerprint density at radius 1 is 0.811 bits per heavy atom. The van der Waals surface area contributed by atoms with Crippen molar-refractivity contribution in [3.8, 4) is 17.0 Å². The molecule has 2 heterocycles. The average Bonchev–Trinajstić information content (AvgIpc) is 2.92. The summed E-state index contributed by atoms with van der Waals surface area (Å²) in [5, 5.41) is 3.86. The van der Waals surface area contributed by atoms with Crippen LogP contribution in [0.15, 0.2) is 97.3 Å². The van der Waals surface area contributed by atoms with Gasteiger partial charge in [0.1, 0.15) is 0 Å². The Labute approximate surface area is 212 Å². The molecule has 0 unspecified atom stereocenters. The number of pyridine rings is 2. The van der Waals surface area contributed by atoms with E-state index in [1.165, 1.54) is 6.07 Å². The number of benzene rings is 3. The lowest BCUT2D eigenvalue weighted by Gasteiger charge is -2.17. The minimum atomic E-state index is -4.50. The van der Waals surface area contributed by atoms with Gasteiger partial charge in [-0.25, -0.2) is 4.98 Å². The first-order valence-corrected chi connectivity index (χ1v) is 11.8. The molecule has 0 saturated heterocycles. The number of fused-ring (bicyclic) bond motifs is 1. The maximum atomic E-state index is 13.8. The summed E-state index contributed by atoms with van der Waals surface area (Å²) in [6.45, 7) is 0.534. The number of para-hydroxylation sites is 1. The van der Waals surface area contributed by atoms with Crippen LogP contribution in [0.4, 0.5) is 18.9 Å². The fourth-order valence-electron chi connectivity index (χ4n) is 4.41. The molecule has 7 heteroatoms. The van der Waals surface area contributed by atoms with Crippen molar-refractivity contribution in [3.05, 3.63) is 120 Å². The van der Waals surface area contributed by atoms with E-state index in [4.69, 9.17) is 4.74 Å². The Morgan fingerprint density at radius 2 is 1.62 bits per heavy atom. The number of methoxy groups -OCH3 is 1. The summed E-state index contributed by atoms with van der Waals surface area (Å²) in [5.74, 6) is 0.541. The van der Waals surface area contributed by atoms with Crippen molar-refractivity contribution in [2.75, 3.05) is 12.4 Å². The molecule has 0 aliphatic rings. The normalized spacial score (nSPS) is 11.5. The van der Waals surface area contributed by atoms with Crippen molar-refractivity contribution in [1.82, 2.24) is 9.97 Å². The number of nitrogens with zero attached hydrogens (tertiary/aromatic N) is 2. The van der Waals surface area contributed by atoms with Crippen molar-refractivity contribution in [3.63, 3.8) is 0 Å². The van der Waals surface area contributed by atoms with Crippen LogP contribution in [0.25, 0.3) is 22.0 Å². The summed E-state index contributed by atoms with van der Waals surface area (Å²) < 4.78 is 46.5. The summed E-state index contributed by atoms with van der Waals surface area (Å²) in [5.41, 5.74) is 4.50. The molecule has 0 aliphatic carbocycles. The van der Waals surface area contributed by atoms with Crippen molar-refractivity contribution in [1.29, 1.82) is 0 Å². The number of anilines is 1. The molecule has 0 aliphatic heterocycles. The number of hydrogen-bond acceptors (Lipinski definition) is 4. The Hall–Kier alpha value is -4.39. The van der Waals surface area contributed by atoms with Gasteiger partial charge in [0.15, 0.2) is 0 Å². The van der Waals surface area contributed by atoms with Gasteiger partial charge >= 0.3 is 6.18 Å². The molecule has 0 fully saturated rings. The zero-order chi connectivity index (χ0) is 25.8. The molecule has 0 saturated carbocycles. The predicted molar refractivity (Wildman–Crippen MR) is 140 cm³/mol. The molecule has 0 bridgehead atoms. The maximum Gasteiger partial charge on any atom is 0.418 e. The second-order valence-electron chi connectivity index (χ2n) is 8.66. The van der Waals surface area contributed by atoms with Crippen molar-refractivity contribution in [2.24, 2.45) is 0 Å². The van der Waals surface area contributed by atoms with E-state index in [9.17, 15) is 13.2 Å². The molecule has 37 heavy (non-hydrogen) atoms. The lowest BCUT2D eigenvalue weighted by molar-refractivity contribution is -0.136. The standard InChI is InChI=1S/C30H24F3N3O/c1-37-27-14-13-21(18-35-27)17-34-24-10-5-9-22(16-24)28-23(15-20-7-3-2-4-8-20)19-36-29-25(28)11-6-12-26(29)30(31,32)33/h2-14,16,18-19,34H,15,17H2,1H3. The van der Waals surface area contributed by atoms with E-state index in [0.717, 1.165) is 39.6 Å². The van der Waals surface area contributed by atoms with Gasteiger partial charge in [-0.1, -0.05) is 60.7 Å². The van der Waals surface area contributed by atoms with Crippen LogP contribution < -0.4 is 10.1 Å². The molecule has 1 N–H and O–H groups in total. The highest BCUT2D eigenvalue weighted by Crippen LogP contribution is 2.39. The fourth-order valence-corrected chi connectivity index (χ4v) is 4.41. The quantitative estimate of drug-likeness (QED) is 0.252. The van der Waals surface area contributed by atoms with Gasteiger partial charge in [-0.2, -0.15) is 13.2 Å². The van der Waals surface area contributed by atoms with Gasteiger partial charge in [-0.05, 0) is 52.4 Å². The highest BCUT2D eigenvalue weighted by Gasteiger charge is 2.33.